The van der Waals surface area contributed by atoms with Crippen molar-refractivity contribution >= 4 is 20.9 Å². The zero-order valence-corrected chi connectivity index (χ0v) is 18.4. The van der Waals surface area contributed by atoms with E-state index in [4.69, 9.17) is 4.74 Å². The number of halogens is 1. The van der Waals surface area contributed by atoms with E-state index in [1.807, 2.05) is 36.4 Å². The van der Waals surface area contributed by atoms with E-state index < -0.39 is 10.0 Å². The van der Waals surface area contributed by atoms with Gasteiger partial charge in [0.2, 0.25) is 0 Å². The fourth-order valence-electron chi connectivity index (χ4n) is 3.82. The molecule has 0 aliphatic heterocycles. The minimum Gasteiger partial charge on any atom is -0.488 e. The second kappa shape index (κ2) is 8.56. The van der Waals surface area contributed by atoms with Crippen molar-refractivity contribution in [3.63, 3.8) is 0 Å². The molecule has 0 radical (unpaired) electrons. The van der Waals surface area contributed by atoms with Gasteiger partial charge in [0.15, 0.2) is 0 Å². The smallest absolute Gasteiger partial charge is 0.268 e. The highest BCUT2D eigenvalue weighted by Gasteiger charge is 2.25. The van der Waals surface area contributed by atoms with Crippen LogP contribution in [0, 0.1) is 5.82 Å². The Morgan fingerprint density at radius 3 is 2.12 bits per heavy atom. The van der Waals surface area contributed by atoms with E-state index in [-0.39, 0.29) is 10.7 Å². The monoisotopic (exact) mass is 457 g/mol. The molecule has 4 aromatic carbocycles. The van der Waals surface area contributed by atoms with Gasteiger partial charge in [-0.1, -0.05) is 54.6 Å². The maximum atomic E-state index is 13.7. The molecule has 1 aromatic heterocycles. The fraction of sp³-hybridized carbons (Fsp3) is 0.0370. The summed E-state index contributed by atoms with van der Waals surface area (Å²) in [5.41, 5.74) is 2.51. The van der Waals surface area contributed by atoms with Crippen LogP contribution in [0.2, 0.25) is 0 Å². The molecule has 0 aliphatic carbocycles. The molecule has 0 atom stereocenters. The Bertz CT molecular complexity index is 1510. The molecular formula is C27H20FNO3S. The van der Waals surface area contributed by atoms with E-state index in [0.717, 1.165) is 5.56 Å². The van der Waals surface area contributed by atoms with E-state index in [1.165, 1.54) is 16.1 Å². The molecule has 0 unspecified atom stereocenters. The Balaban J connectivity index is 1.70. The molecule has 33 heavy (non-hydrogen) atoms. The lowest BCUT2D eigenvalue weighted by atomic mass is 10.1. The molecule has 6 heteroatoms. The molecule has 5 aromatic rings. The summed E-state index contributed by atoms with van der Waals surface area (Å²) in [6, 6.07) is 30.9. The molecule has 1 heterocycles. The van der Waals surface area contributed by atoms with Gasteiger partial charge in [-0.3, -0.25) is 0 Å². The number of aromatic nitrogens is 1. The van der Waals surface area contributed by atoms with E-state index in [0.29, 0.717) is 34.5 Å². The largest absolute Gasteiger partial charge is 0.488 e. The van der Waals surface area contributed by atoms with Crippen LogP contribution in [0.15, 0.2) is 114 Å². The first-order chi connectivity index (χ1) is 16.0. The first kappa shape index (κ1) is 21.0. The van der Waals surface area contributed by atoms with Crippen molar-refractivity contribution in [1.29, 1.82) is 0 Å². The molecule has 0 fully saturated rings. The molecule has 0 amide bonds. The van der Waals surface area contributed by atoms with E-state index in [2.05, 4.69) is 0 Å². The highest BCUT2D eigenvalue weighted by molar-refractivity contribution is 7.90. The third kappa shape index (κ3) is 4.01. The zero-order chi connectivity index (χ0) is 22.8. The summed E-state index contributed by atoms with van der Waals surface area (Å²) in [7, 11) is -3.93. The molecule has 0 saturated heterocycles. The van der Waals surface area contributed by atoms with E-state index in [9.17, 15) is 12.8 Å². The average molecular weight is 458 g/mol. The molecule has 4 nitrogen and oxygen atoms in total. The van der Waals surface area contributed by atoms with Crippen LogP contribution >= 0.6 is 0 Å². The number of fused-ring (bicyclic) bond motifs is 1. The molecule has 164 valence electrons. The summed E-state index contributed by atoms with van der Waals surface area (Å²) < 4.78 is 48.4. The van der Waals surface area contributed by atoms with Crippen molar-refractivity contribution in [2.45, 2.75) is 11.5 Å². The van der Waals surface area contributed by atoms with Crippen LogP contribution in [0.1, 0.15) is 5.56 Å². The summed E-state index contributed by atoms with van der Waals surface area (Å²) in [5.74, 6) is 0.181. The summed E-state index contributed by atoms with van der Waals surface area (Å²) in [6.07, 6.45) is 0. The molecule has 5 rings (SSSR count). The van der Waals surface area contributed by atoms with Gasteiger partial charge >= 0.3 is 0 Å². The van der Waals surface area contributed by atoms with Crippen molar-refractivity contribution in [2.24, 2.45) is 0 Å². The number of benzene rings is 4. The van der Waals surface area contributed by atoms with Gasteiger partial charge in [-0.05, 0) is 65.7 Å². The number of ether oxygens (including phenoxy) is 1. The van der Waals surface area contributed by atoms with Crippen LogP contribution in [0.3, 0.4) is 0 Å². The van der Waals surface area contributed by atoms with Crippen LogP contribution in [0.4, 0.5) is 4.39 Å². The van der Waals surface area contributed by atoms with Gasteiger partial charge in [-0.25, -0.2) is 16.8 Å². The maximum Gasteiger partial charge on any atom is 0.268 e. The lowest BCUT2D eigenvalue weighted by Gasteiger charge is -2.13. The molecule has 0 aliphatic rings. The number of nitrogens with zero attached hydrogens (tertiary/aromatic N) is 1. The quantitative estimate of drug-likeness (QED) is 0.302. The average Bonchev–Trinajstić information content (AvgIpc) is 3.25. The van der Waals surface area contributed by atoms with Crippen molar-refractivity contribution in [1.82, 2.24) is 3.97 Å². The third-order valence-corrected chi connectivity index (χ3v) is 7.16. The van der Waals surface area contributed by atoms with Crippen molar-refractivity contribution < 1.29 is 17.5 Å². The van der Waals surface area contributed by atoms with Crippen molar-refractivity contribution in [3.8, 4) is 17.0 Å². The highest BCUT2D eigenvalue weighted by Crippen LogP contribution is 2.36. The third-order valence-electron chi connectivity index (χ3n) is 5.42. The Kier molecular flexibility index (Phi) is 5.44. The first-order valence-corrected chi connectivity index (χ1v) is 11.9. The van der Waals surface area contributed by atoms with Gasteiger partial charge in [0.1, 0.15) is 18.2 Å². The molecule has 0 bridgehead atoms. The predicted molar refractivity (Wildman–Crippen MR) is 127 cm³/mol. The maximum absolute atomic E-state index is 13.7. The lowest BCUT2D eigenvalue weighted by molar-refractivity contribution is 0.310. The summed E-state index contributed by atoms with van der Waals surface area (Å²) in [4.78, 5) is 0.168. The molecule has 0 N–H and O–H groups in total. The standard InChI is InChI=1S/C27H20FNO3S/c28-22-16-14-21(15-17-22)26-18-24-25(29(26)33(30,31)23-10-5-2-6-11-23)12-7-13-27(24)32-19-20-8-3-1-4-9-20/h1-18H,19H2. The van der Waals surface area contributed by atoms with Crippen LogP contribution in [0.25, 0.3) is 22.2 Å². The van der Waals surface area contributed by atoms with Gasteiger partial charge in [0, 0.05) is 5.39 Å². The second-order valence-corrected chi connectivity index (χ2v) is 9.37. The first-order valence-electron chi connectivity index (χ1n) is 10.4. The summed E-state index contributed by atoms with van der Waals surface area (Å²) in [6.45, 7) is 0.350. The lowest BCUT2D eigenvalue weighted by Crippen LogP contribution is -2.14. The normalized spacial score (nSPS) is 11.5. The Morgan fingerprint density at radius 1 is 0.758 bits per heavy atom. The molecular weight excluding hydrogens is 437 g/mol. The van der Waals surface area contributed by atoms with Crippen LogP contribution in [0.5, 0.6) is 5.75 Å². The number of hydrogen-bond donors (Lipinski definition) is 0. The Labute approximate surface area is 191 Å². The number of rotatable bonds is 6. The minimum absolute atomic E-state index is 0.168. The topological polar surface area (TPSA) is 48.3 Å². The van der Waals surface area contributed by atoms with Crippen molar-refractivity contribution in [2.75, 3.05) is 0 Å². The second-order valence-electron chi connectivity index (χ2n) is 7.58. The SMILES string of the molecule is O=S(=O)(c1ccccc1)n1c(-c2ccc(F)cc2)cc2c(OCc3ccccc3)cccc21. The van der Waals surface area contributed by atoms with E-state index >= 15 is 0 Å². The Hall–Kier alpha value is -3.90. The summed E-state index contributed by atoms with van der Waals surface area (Å²) >= 11 is 0. The predicted octanol–water partition coefficient (Wildman–Crippen LogP) is 6.26. The number of hydrogen-bond acceptors (Lipinski definition) is 3. The fourth-order valence-corrected chi connectivity index (χ4v) is 5.37. The minimum atomic E-state index is -3.93. The van der Waals surface area contributed by atoms with E-state index in [1.54, 1.807) is 60.7 Å². The van der Waals surface area contributed by atoms with Gasteiger partial charge in [-0.15, -0.1) is 0 Å². The highest BCUT2D eigenvalue weighted by atomic mass is 32.2. The van der Waals surface area contributed by atoms with Gasteiger partial charge < -0.3 is 4.74 Å². The van der Waals surface area contributed by atoms with Crippen LogP contribution < -0.4 is 4.74 Å². The van der Waals surface area contributed by atoms with Gasteiger partial charge in [-0.2, -0.15) is 0 Å². The molecule has 0 saturated carbocycles. The van der Waals surface area contributed by atoms with Crippen LogP contribution in [-0.2, 0) is 16.6 Å². The van der Waals surface area contributed by atoms with Gasteiger partial charge in [0.25, 0.3) is 10.0 Å². The van der Waals surface area contributed by atoms with Gasteiger partial charge in [0.05, 0.1) is 16.1 Å². The Morgan fingerprint density at radius 2 is 1.42 bits per heavy atom. The molecule has 0 spiro atoms. The van der Waals surface area contributed by atoms with Crippen LogP contribution in [-0.4, -0.2) is 12.4 Å². The van der Waals surface area contributed by atoms with Crippen molar-refractivity contribution in [3.05, 3.63) is 121 Å². The summed E-state index contributed by atoms with van der Waals surface area (Å²) in [5, 5.41) is 0.660. The zero-order valence-electron chi connectivity index (χ0n) is 17.6.